The van der Waals surface area contributed by atoms with Crippen molar-refractivity contribution in [3.63, 3.8) is 0 Å². The van der Waals surface area contributed by atoms with Crippen LogP contribution in [0.4, 0.5) is 0 Å². The second-order valence-electron chi connectivity index (χ2n) is 6.76. The van der Waals surface area contributed by atoms with E-state index in [0.717, 1.165) is 45.6 Å². The van der Waals surface area contributed by atoms with E-state index in [1.807, 2.05) is 4.90 Å². The van der Waals surface area contributed by atoms with Crippen molar-refractivity contribution in [3.8, 4) is 0 Å². The molecule has 1 saturated heterocycles. The van der Waals surface area contributed by atoms with E-state index < -0.39 is 0 Å². The molecule has 0 bridgehead atoms. The van der Waals surface area contributed by atoms with E-state index in [1.165, 1.54) is 12.8 Å². The van der Waals surface area contributed by atoms with Crippen LogP contribution in [0, 0.1) is 0 Å². The van der Waals surface area contributed by atoms with Gasteiger partial charge in [0.15, 0.2) is 0 Å². The number of nitrogens with zero attached hydrogens (tertiary/aromatic N) is 2. The molecule has 24 heavy (non-hydrogen) atoms. The summed E-state index contributed by atoms with van der Waals surface area (Å²) >= 11 is 0. The molecule has 1 aliphatic heterocycles. The maximum atomic E-state index is 12.6. The number of likely N-dealkylation sites (N-methyl/N-ethyl adjacent to an activating group) is 1. The number of amides is 2. The summed E-state index contributed by atoms with van der Waals surface area (Å²) in [5.41, 5.74) is 1.30. The fraction of sp³-hybridized carbons (Fsp3) is 0.579. The van der Waals surface area contributed by atoms with Crippen LogP contribution >= 0.6 is 0 Å². The second-order valence-corrected chi connectivity index (χ2v) is 6.76. The summed E-state index contributed by atoms with van der Waals surface area (Å²) in [7, 11) is 0. The van der Waals surface area contributed by atoms with Crippen molar-refractivity contribution >= 4 is 11.8 Å². The van der Waals surface area contributed by atoms with Gasteiger partial charge in [0, 0.05) is 43.3 Å². The molecular weight excluding hydrogens is 302 g/mol. The highest BCUT2D eigenvalue weighted by Gasteiger charge is 2.22. The summed E-state index contributed by atoms with van der Waals surface area (Å²) in [5, 5.41) is 3.08. The largest absolute Gasteiger partial charge is 0.349 e. The van der Waals surface area contributed by atoms with E-state index in [9.17, 15) is 9.59 Å². The molecule has 1 aliphatic carbocycles. The van der Waals surface area contributed by atoms with Gasteiger partial charge in [0.05, 0.1) is 0 Å². The molecule has 1 N–H and O–H groups in total. The third-order valence-electron chi connectivity index (χ3n) is 5.19. The molecule has 1 aromatic carbocycles. The van der Waals surface area contributed by atoms with Crippen LogP contribution in [0.3, 0.4) is 0 Å². The Morgan fingerprint density at radius 2 is 1.58 bits per heavy atom. The first kappa shape index (κ1) is 17.0. The first-order valence-corrected chi connectivity index (χ1v) is 9.10. The molecule has 0 aromatic heterocycles. The van der Waals surface area contributed by atoms with Crippen molar-refractivity contribution in [2.45, 2.75) is 38.6 Å². The predicted octanol–water partition coefficient (Wildman–Crippen LogP) is 2.14. The number of rotatable bonds is 4. The van der Waals surface area contributed by atoms with Crippen LogP contribution in [-0.2, 0) is 0 Å². The molecule has 1 aromatic rings. The van der Waals surface area contributed by atoms with Crippen LogP contribution in [0.5, 0.6) is 0 Å². The normalized spacial score (nSPS) is 19.5. The minimum absolute atomic E-state index is 0.0301. The second kappa shape index (κ2) is 7.79. The highest BCUT2D eigenvalue weighted by molar-refractivity contribution is 5.98. The number of benzene rings is 1. The molecule has 5 heteroatoms. The molecule has 0 spiro atoms. The molecule has 0 radical (unpaired) electrons. The quantitative estimate of drug-likeness (QED) is 0.921. The molecule has 130 valence electrons. The summed E-state index contributed by atoms with van der Waals surface area (Å²) in [6, 6.07) is 7.39. The lowest BCUT2D eigenvalue weighted by Crippen LogP contribution is -2.48. The fourth-order valence-corrected chi connectivity index (χ4v) is 3.55. The van der Waals surface area contributed by atoms with Crippen LogP contribution in [-0.4, -0.2) is 60.4 Å². The third-order valence-corrected chi connectivity index (χ3v) is 5.19. The number of hydrogen-bond acceptors (Lipinski definition) is 3. The first-order valence-electron chi connectivity index (χ1n) is 9.10. The lowest BCUT2D eigenvalue weighted by molar-refractivity contribution is 0.0643. The van der Waals surface area contributed by atoms with Gasteiger partial charge in [-0.05, 0) is 43.7 Å². The Bertz CT molecular complexity index is 571. The molecular formula is C19H27N3O2. The molecule has 5 nitrogen and oxygen atoms in total. The topological polar surface area (TPSA) is 52.7 Å². The predicted molar refractivity (Wildman–Crippen MR) is 94.2 cm³/mol. The summed E-state index contributed by atoms with van der Waals surface area (Å²) in [4.78, 5) is 29.1. The maximum absolute atomic E-state index is 12.6. The van der Waals surface area contributed by atoms with E-state index in [4.69, 9.17) is 0 Å². The Labute approximate surface area is 144 Å². The number of hydrogen-bond donors (Lipinski definition) is 1. The minimum atomic E-state index is -0.0301. The van der Waals surface area contributed by atoms with Crippen LogP contribution in [0.2, 0.25) is 0 Å². The zero-order chi connectivity index (χ0) is 16.9. The van der Waals surface area contributed by atoms with Crippen molar-refractivity contribution in [1.82, 2.24) is 15.1 Å². The molecule has 1 heterocycles. The fourth-order valence-electron chi connectivity index (χ4n) is 3.55. The van der Waals surface area contributed by atoms with Crippen molar-refractivity contribution in [3.05, 3.63) is 35.4 Å². The SMILES string of the molecule is CCN1CCN(C(=O)c2ccc(C(=O)NC3CCCC3)cc2)CC1. The van der Waals surface area contributed by atoms with Gasteiger partial charge in [0.1, 0.15) is 0 Å². The van der Waals surface area contributed by atoms with Crippen molar-refractivity contribution in [1.29, 1.82) is 0 Å². The zero-order valence-corrected chi connectivity index (χ0v) is 14.5. The molecule has 2 fully saturated rings. The molecule has 1 saturated carbocycles. The highest BCUT2D eigenvalue weighted by atomic mass is 16.2. The van der Waals surface area contributed by atoms with Gasteiger partial charge in [0.25, 0.3) is 11.8 Å². The number of carbonyl (C=O) groups excluding carboxylic acids is 2. The summed E-state index contributed by atoms with van der Waals surface area (Å²) < 4.78 is 0. The Hall–Kier alpha value is -1.88. The molecule has 0 atom stereocenters. The molecule has 2 aliphatic rings. The van der Waals surface area contributed by atoms with Crippen LogP contribution in [0.15, 0.2) is 24.3 Å². The van der Waals surface area contributed by atoms with Gasteiger partial charge in [-0.3, -0.25) is 9.59 Å². The van der Waals surface area contributed by atoms with Gasteiger partial charge in [-0.15, -0.1) is 0 Å². The zero-order valence-electron chi connectivity index (χ0n) is 14.5. The average molecular weight is 329 g/mol. The minimum Gasteiger partial charge on any atom is -0.349 e. The monoisotopic (exact) mass is 329 g/mol. The van der Waals surface area contributed by atoms with Crippen molar-refractivity contribution in [2.75, 3.05) is 32.7 Å². The van der Waals surface area contributed by atoms with E-state index in [0.29, 0.717) is 17.2 Å². The third kappa shape index (κ3) is 3.96. The van der Waals surface area contributed by atoms with Gasteiger partial charge < -0.3 is 15.1 Å². The van der Waals surface area contributed by atoms with Gasteiger partial charge in [-0.25, -0.2) is 0 Å². The average Bonchev–Trinajstić information content (AvgIpc) is 3.14. The van der Waals surface area contributed by atoms with Crippen LogP contribution in [0.1, 0.15) is 53.3 Å². The van der Waals surface area contributed by atoms with E-state index in [2.05, 4.69) is 17.1 Å². The summed E-state index contributed by atoms with van der Waals surface area (Å²) in [6.45, 7) is 6.60. The van der Waals surface area contributed by atoms with Gasteiger partial charge in [-0.2, -0.15) is 0 Å². The van der Waals surface area contributed by atoms with Crippen LogP contribution in [0.25, 0.3) is 0 Å². The van der Waals surface area contributed by atoms with Gasteiger partial charge in [-0.1, -0.05) is 19.8 Å². The molecule has 2 amide bonds. The molecule has 0 unspecified atom stereocenters. The van der Waals surface area contributed by atoms with E-state index in [1.54, 1.807) is 24.3 Å². The van der Waals surface area contributed by atoms with Gasteiger partial charge in [0.2, 0.25) is 0 Å². The lowest BCUT2D eigenvalue weighted by atomic mass is 10.1. The maximum Gasteiger partial charge on any atom is 0.253 e. The van der Waals surface area contributed by atoms with Crippen molar-refractivity contribution in [2.24, 2.45) is 0 Å². The number of carbonyl (C=O) groups is 2. The number of piperazine rings is 1. The smallest absolute Gasteiger partial charge is 0.253 e. The summed E-state index contributed by atoms with van der Waals surface area (Å²) in [5.74, 6) is 0.0333. The first-order chi connectivity index (χ1) is 11.7. The Morgan fingerprint density at radius 1 is 1.00 bits per heavy atom. The van der Waals surface area contributed by atoms with E-state index in [-0.39, 0.29) is 11.8 Å². The lowest BCUT2D eigenvalue weighted by Gasteiger charge is -2.34. The molecule has 3 rings (SSSR count). The van der Waals surface area contributed by atoms with Crippen LogP contribution < -0.4 is 5.32 Å². The van der Waals surface area contributed by atoms with Gasteiger partial charge >= 0.3 is 0 Å². The van der Waals surface area contributed by atoms with Crippen molar-refractivity contribution < 1.29 is 9.59 Å². The Kier molecular flexibility index (Phi) is 5.51. The standard InChI is InChI=1S/C19H27N3O2/c1-2-21-11-13-22(14-12-21)19(24)16-9-7-15(8-10-16)18(23)20-17-5-3-4-6-17/h7-10,17H,2-6,11-14H2,1H3,(H,20,23). The summed E-state index contributed by atoms with van der Waals surface area (Å²) in [6.07, 6.45) is 4.55. The number of nitrogens with one attached hydrogen (secondary N) is 1. The van der Waals surface area contributed by atoms with E-state index >= 15 is 0 Å². The Balaban J connectivity index is 1.57. The Morgan fingerprint density at radius 3 is 2.17 bits per heavy atom. The highest BCUT2D eigenvalue weighted by Crippen LogP contribution is 2.18.